The van der Waals surface area contributed by atoms with E-state index in [2.05, 4.69) is 6.58 Å². The summed E-state index contributed by atoms with van der Waals surface area (Å²) in [6.07, 6.45) is 3.09. The molecule has 1 fully saturated rings. The van der Waals surface area contributed by atoms with Crippen molar-refractivity contribution in [3.8, 4) is 0 Å². The van der Waals surface area contributed by atoms with Gasteiger partial charge in [-0.3, -0.25) is 0 Å². The SMILES string of the molecule is C=C1CC1CCS(C)(=O)=O. The third-order valence-electron chi connectivity index (χ3n) is 1.76. The number of rotatable bonds is 3. The summed E-state index contributed by atoms with van der Waals surface area (Å²) in [5.41, 5.74) is 1.21. The maximum Gasteiger partial charge on any atom is 0.147 e. The molecule has 0 bridgehead atoms. The molecule has 0 saturated heterocycles. The highest BCUT2D eigenvalue weighted by atomic mass is 32.2. The van der Waals surface area contributed by atoms with Crippen LogP contribution < -0.4 is 0 Å². The van der Waals surface area contributed by atoms with Gasteiger partial charge >= 0.3 is 0 Å². The fourth-order valence-electron chi connectivity index (χ4n) is 0.920. The average Bonchev–Trinajstić information content (AvgIpc) is 2.40. The van der Waals surface area contributed by atoms with Gasteiger partial charge in [0.1, 0.15) is 9.84 Å². The predicted octanol–water partition coefficient (Wildman–Crippen LogP) is 0.997. The Hall–Kier alpha value is -0.310. The summed E-state index contributed by atoms with van der Waals surface area (Å²) in [4.78, 5) is 0. The molecule has 1 aliphatic rings. The molecular weight excluding hydrogens is 148 g/mol. The summed E-state index contributed by atoms with van der Waals surface area (Å²) in [6.45, 7) is 3.75. The van der Waals surface area contributed by atoms with Crippen LogP contribution in [0.2, 0.25) is 0 Å². The molecule has 0 spiro atoms. The first-order valence-electron chi connectivity index (χ1n) is 3.34. The molecule has 0 aromatic rings. The predicted molar refractivity (Wildman–Crippen MR) is 41.6 cm³/mol. The second-order valence-electron chi connectivity index (χ2n) is 2.98. The largest absolute Gasteiger partial charge is 0.229 e. The smallest absolute Gasteiger partial charge is 0.147 e. The monoisotopic (exact) mass is 160 g/mol. The van der Waals surface area contributed by atoms with Gasteiger partial charge in [-0.05, 0) is 18.8 Å². The van der Waals surface area contributed by atoms with Crippen molar-refractivity contribution in [2.24, 2.45) is 5.92 Å². The Labute approximate surface area is 61.9 Å². The van der Waals surface area contributed by atoms with Gasteiger partial charge in [0, 0.05) is 6.26 Å². The first kappa shape index (κ1) is 7.79. The molecule has 0 aromatic carbocycles. The van der Waals surface area contributed by atoms with Gasteiger partial charge in [-0.1, -0.05) is 12.2 Å². The maximum atomic E-state index is 10.6. The highest BCUT2D eigenvalue weighted by Crippen LogP contribution is 2.38. The van der Waals surface area contributed by atoms with Crippen molar-refractivity contribution in [1.82, 2.24) is 0 Å². The van der Waals surface area contributed by atoms with Crippen molar-refractivity contribution < 1.29 is 8.42 Å². The lowest BCUT2D eigenvalue weighted by Gasteiger charge is -1.93. The van der Waals surface area contributed by atoms with E-state index < -0.39 is 9.84 Å². The van der Waals surface area contributed by atoms with Crippen LogP contribution in [0.5, 0.6) is 0 Å². The summed E-state index contributed by atoms with van der Waals surface area (Å²) in [6, 6.07) is 0. The van der Waals surface area contributed by atoms with E-state index in [1.54, 1.807) is 0 Å². The van der Waals surface area contributed by atoms with Crippen molar-refractivity contribution in [3.63, 3.8) is 0 Å². The molecule has 1 unspecified atom stereocenters. The number of hydrogen-bond donors (Lipinski definition) is 0. The van der Waals surface area contributed by atoms with E-state index in [-0.39, 0.29) is 0 Å². The van der Waals surface area contributed by atoms with Gasteiger partial charge < -0.3 is 0 Å². The van der Waals surface area contributed by atoms with Crippen molar-refractivity contribution in [2.75, 3.05) is 12.0 Å². The molecule has 58 valence electrons. The number of sulfone groups is 1. The summed E-state index contributed by atoms with van der Waals surface area (Å²) < 4.78 is 21.3. The Bertz CT molecular complexity index is 238. The molecule has 0 aliphatic heterocycles. The molecule has 0 radical (unpaired) electrons. The van der Waals surface area contributed by atoms with Crippen LogP contribution in [0.4, 0.5) is 0 Å². The molecule has 0 amide bonds. The molecule has 1 atom stereocenters. The van der Waals surface area contributed by atoms with Gasteiger partial charge in [0.25, 0.3) is 0 Å². The van der Waals surface area contributed by atoms with Crippen LogP contribution in [0.15, 0.2) is 12.2 Å². The normalized spacial score (nSPS) is 24.9. The lowest BCUT2D eigenvalue weighted by molar-refractivity contribution is 0.597. The van der Waals surface area contributed by atoms with Crippen molar-refractivity contribution in [1.29, 1.82) is 0 Å². The van der Waals surface area contributed by atoms with Gasteiger partial charge in [0.05, 0.1) is 5.75 Å². The second-order valence-corrected chi connectivity index (χ2v) is 5.24. The van der Waals surface area contributed by atoms with E-state index in [0.717, 1.165) is 12.8 Å². The molecule has 3 heteroatoms. The number of allylic oxidation sites excluding steroid dienone is 1. The summed E-state index contributed by atoms with van der Waals surface area (Å²) in [5.74, 6) is 0.825. The van der Waals surface area contributed by atoms with Crippen LogP contribution in [0.1, 0.15) is 12.8 Å². The van der Waals surface area contributed by atoms with Crippen LogP contribution in [0.25, 0.3) is 0 Å². The van der Waals surface area contributed by atoms with Gasteiger partial charge in [0.2, 0.25) is 0 Å². The maximum absolute atomic E-state index is 10.6. The fraction of sp³-hybridized carbons (Fsp3) is 0.714. The van der Waals surface area contributed by atoms with Crippen LogP contribution in [-0.4, -0.2) is 20.4 Å². The van der Waals surface area contributed by atoms with Crippen molar-refractivity contribution in [3.05, 3.63) is 12.2 Å². The Morgan fingerprint density at radius 3 is 2.50 bits per heavy atom. The minimum absolute atomic E-state index is 0.316. The van der Waals surface area contributed by atoms with Crippen LogP contribution in [0.3, 0.4) is 0 Å². The third-order valence-corrected chi connectivity index (χ3v) is 2.74. The second kappa shape index (κ2) is 2.38. The molecule has 2 nitrogen and oxygen atoms in total. The zero-order chi connectivity index (χ0) is 7.78. The van der Waals surface area contributed by atoms with E-state index in [9.17, 15) is 8.42 Å². The summed E-state index contributed by atoms with van der Waals surface area (Å²) in [7, 11) is -2.74. The fourth-order valence-corrected chi connectivity index (χ4v) is 1.63. The molecule has 1 rings (SSSR count). The first-order chi connectivity index (χ1) is 4.49. The zero-order valence-electron chi connectivity index (χ0n) is 6.13. The minimum atomic E-state index is -2.74. The van der Waals surface area contributed by atoms with Crippen LogP contribution in [-0.2, 0) is 9.84 Å². The Balaban J connectivity index is 2.24. The highest BCUT2D eigenvalue weighted by Gasteiger charge is 2.27. The van der Waals surface area contributed by atoms with E-state index in [1.165, 1.54) is 11.8 Å². The minimum Gasteiger partial charge on any atom is -0.229 e. The lowest BCUT2D eigenvalue weighted by atomic mass is 10.3. The van der Waals surface area contributed by atoms with Crippen molar-refractivity contribution >= 4 is 9.84 Å². The van der Waals surface area contributed by atoms with Crippen molar-refractivity contribution in [2.45, 2.75) is 12.8 Å². The zero-order valence-corrected chi connectivity index (χ0v) is 6.95. The molecule has 1 aliphatic carbocycles. The van der Waals surface area contributed by atoms with Gasteiger partial charge in [-0.25, -0.2) is 8.42 Å². The molecule has 0 N–H and O–H groups in total. The molecule has 0 heterocycles. The molecule has 1 saturated carbocycles. The average molecular weight is 160 g/mol. The highest BCUT2D eigenvalue weighted by molar-refractivity contribution is 7.90. The van der Waals surface area contributed by atoms with E-state index in [1.807, 2.05) is 0 Å². The van der Waals surface area contributed by atoms with Gasteiger partial charge in [-0.2, -0.15) is 0 Å². The van der Waals surface area contributed by atoms with Crippen LogP contribution >= 0.6 is 0 Å². The molecular formula is C7H12O2S. The Morgan fingerprint density at radius 2 is 2.20 bits per heavy atom. The topological polar surface area (TPSA) is 34.1 Å². The quantitative estimate of drug-likeness (QED) is 0.577. The standard InChI is InChI=1S/C7H12O2S/c1-6-5-7(6)3-4-10(2,8)9/h7H,1,3-5H2,2H3. The molecule has 0 aromatic heterocycles. The Kier molecular flexibility index (Phi) is 1.86. The van der Waals surface area contributed by atoms with Gasteiger partial charge in [-0.15, -0.1) is 0 Å². The van der Waals surface area contributed by atoms with E-state index >= 15 is 0 Å². The van der Waals surface area contributed by atoms with E-state index in [4.69, 9.17) is 0 Å². The molecule has 10 heavy (non-hydrogen) atoms. The summed E-state index contributed by atoms with van der Waals surface area (Å²) in [5, 5.41) is 0. The summed E-state index contributed by atoms with van der Waals surface area (Å²) >= 11 is 0. The van der Waals surface area contributed by atoms with E-state index in [0.29, 0.717) is 11.7 Å². The Morgan fingerprint density at radius 1 is 1.70 bits per heavy atom. The lowest BCUT2D eigenvalue weighted by Crippen LogP contribution is -2.03. The van der Waals surface area contributed by atoms with Crippen LogP contribution in [0, 0.1) is 5.92 Å². The third kappa shape index (κ3) is 2.52. The first-order valence-corrected chi connectivity index (χ1v) is 5.40. The number of hydrogen-bond acceptors (Lipinski definition) is 2. The van der Waals surface area contributed by atoms with Gasteiger partial charge in [0.15, 0.2) is 0 Å².